The summed E-state index contributed by atoms with van der Waals surface area (Å²) in [7, 11) is 0. The van der Waals surface area contributed by atoms with Crippen molar-refractivity contribution in [3.63, 3.8) is 0 Å². The average molecular weight is 381 g/mol. The first kappa shape index (κ1) is 17.1. The second-order valence-corrected chi connectivity index (χ2v) is 6.64. The third-order valence-corrected chi connectivity index (χ3v) is 4.79. The average Bonchev–Trinajstić information content (AvgIpc) is 3.01. The fourth-order valence-corrected chi connectivity index (χ4v) is 3.59. The van der Waals surface area contributed by atoms with Gasteiger partial charge in [0.25, 0.3) is 0 Å². The van der Waals surface area contributed by atoms with Gasteiger partial charge >= 0.3 is 0 Å². The quantitative estimate of drug-likeness (QED) is 0.693. The monoisotopic (exact) mass is 380 g/mol. The van der Waals surface area contributed by atoms with Gasteiger partial charge in [-0.2, -0.15) is 5.26 Å². The molecule has 0 saturated heterocycles. The molecule has 0 amide bonds. The van der Waals surface area contributed by atoms with E-state index in [-0.39, 0.29) is 5.82 Å². The Bertz CT molecular complexity index is 1120. The van der Waals surface area contributed by atoms with Gasteiger partial charge in [0, 0.05) is 5.02 Å². The predicted octanol–water partition coefficient (Wildman–Crippen LogP) is 4.75. The van der Waals surface area contributed by atoms with E-state index in [1.807, 2.05) is 12.1 Å². The summed E-state index contributed by atoms with van der Waals surface area (Å²) in [5.74, 6) is -0.371. The molecule has 1 aliphatic rings. The Morgan fingerprint density at radius 3 is 2.74 bits per heavy atom. The molecule has 0 spiro atoms. The molecule has 2 aromatic carbocycles. The van der Waals surface area contributed by atoms with Crippen LogP contribution in [0.2, 0.25) is 5.02 Å². The molecule has 134 valence electrons. The van der Waals surface area contributed by atoms with Crippen LogP contribution < -0.4 is 10.6 Å². The van der Waals surface area contributed by atoms with E-state index in [1.54, 1.807) is 31.2 Å². The second-order valence-electron chi connectivity index (χ2n) is 6.20. The number of fused-ring (bicyclic) bond motifs is 1. The summed E-state index contributed by atoms with van der Waals surface area (Å²) in [4.78, 5) is 1.51. The molecule has 1 aliphatic heterocycles. The third kappa shape index (κ3) is 2.73. The maximum absolute atomic E-state index is 13.8. The van der Waals surface area contributed by atoms with Crippen LogP contribution in [0.1, 0.15) is 22.7 Å². The van der Waals surface area contributed by atoms with Crippen molar-refractivity contribution in [1.29, 1.82) is 5.26 Å². The van der Waals surface area contributed by atoms with Crippen LogP contribution in [0.15, 0.2) is 64.4 Å². The fourth-order valence-electron chi connectivity index (χ4n) is 3.39. The van der Waals surface area contributed by atoms with Crippen LogP contribution in [0.5, 0.6) is 0 Å². The highest BCUT2D eigenvalue weighted by Gasteiger charge is 2.38. The van der Waals surface area contributed by atoms with E-state index < -0.39 is 11.7 Å². The van der Waals surface area contributed by atoms with Gasteiger partial charge in [-0.15, -0.1) is 0 Å². The first-order valence-electron chi connectivity index (χ1n) is 8.18. The standard InChI is InChI=1S/C20H14ClFN4O/c1-11-17-18(12-4-2-5-13(21)8-12)16(10-23)19(24)26(20(17)27-25-11)15-7-3-6-14(22)9-15/h2-9,18H,24H2,1H3/t18-/m0/s1. The molecule has 0 bridgehead atoms. The van der Waals surface area contributed by atoms with Gasteiger partial charge in [-0.1, -0.05) is 35.0 Å². The normalized spacial score (nSPS) is 16.2. The van der Waals surface area contributed by atoms with Crippen molar-refractivity contribution < 1.29 is 8.91 Å². The number of aryl methyl sites for hydroxylation is 1. The molecule has 0 fully saturated rings. The molecule has 3 aromatic rings. The Balaban J connectivity index is 1.99. The van der Waals surface area contributed by atoms with Crippen molar-refractivity contribution in [3.8, 4) is 6.07 Å². The zero-order chi connectivity index (χ0) is 19.1. The zero-order valence-electron chi connectivity index (χ0n) is 14.3. The molecule has 4 rings (SSSR count). The number of hydrogen-bond donors (Lipinski definition) is 1. The lowest BCUT2D eigenvalue weighted by Crippen LogP contribution is -2.31. The molecule has 7 heteroatoms. The summed E-state index contributed by atoms with van der Waals surface area (Å²) in [5.41, 5.74) is 9.23. The van der Waals surface area contributed by atoms with Crippen molar-refractivity contribution in [2.45, 2.75) is 12.8 Å². The maximum Gasteiger partial charge on any atom is 0.241 e. The molecule has 1 atom stereocenters. The topological polar surface area (TPSA) is 79.1 Å². The molecule has 2 N–H and O–H groups in total. The number of anilines is 2. The van der Waals surface area contributed by atoms with Gasteiger partial charge in [0.15, 0.2) is 0 Å². The van der Waals surface area contributed by atoms with E-state index in [9.17, 15) is 9.65 Å². The van der Waals surface area contributed by atoms with Gasteiger partial charge in [-0.05, 0) is 42.8 Å². The van der Waals surface area contributed by atoms with Crippen LogP contribution in [0.4, 0.5) is 16.0 Å². The number of allylic oxidation sites excluding steroid dienone is 1. The molecule has 1 aromatic heterocycles. The Morgan fingerprint density at radius 2 is 2.04 bits per heavy atom. The van der Waals surface area contributed by atoms with Crippen molar-refractivity contribution in [1.82, 2.24) is 5.16 Å². The summed E-state index contributed by atoms with van der Waals surface area (Å²) in [5, 5.41) is 14.5. The Labute approximate surface area is 160 Å². The number of benzene rings is 2. The van der Waals surface area contributed by atoms with E-state index in [4.69, 9.17) is 21.9 Å². The maximum atomic E-state index is 13.8. The molecule has 0 unspecified atom stereocenters. The highest BCUT2D eigenvalue weighted by atomic mass is 35.5. The Kier molecular flexibility index (Phi) is 4.09. The highest BCUT2D eigenvalue weighted by molar-refractivity contribution is 6.30. The summed E-state index contributed by atoms with van der Waals surface area (Å²) in [6.07, 6.45) is 0. The van der Waals surface area contributed by atoms with Crippen LogP contribution in [0, 0.1) is 24.1 Å². The minimum atomic E-state index is -0.472. The number of nitriles is 1. The van der Waals surface area contributed by atoms with Crippen molar-refractivity contribution in [3.05, 3.63) is 87.6 Å². The number of nitrogens with zero attached hydrogens (tertiary/aromatic N) is 3. The number of halogens is 2. The number of hydrogen-bond acceptors (Lipinski definition) is 5. The molecule has 2 heterocycles. The van der Waals surface area contributed by atoms with Crippen LogP contribution in [-0.4, -0.2) is 5.16 Å². The van der Waals surface area contributed by atoms with Crippen molar-refractivity contribution >= 4 is 23.2 Å². The molecule has 0 aliphatic carbocycles. The molecule has 27 heavy (non-hydrogen) atoms. The summed E-state index contributed by atoms with van der Waals surface area (Å²) < 4.78 is 19.3. The van der Waals surface area contributed by atoms with E-state index in [0.29, 0.717) is 33.4 Å². The van der Waals surface area contributed by atoms with Crippen LogP contribution in [-0.2, 0) is 0 Å². The van der Waals surface area contributed by atoms with E-state index >= 15 is 0 Å². The lowest BCUT2D eigenvalue weighted by Gasteiger charge is -2.32. The molecular formula is C20H14ClFN4O. The smallest absolute Gasteiger partial charge is 0.241 e. The predicted molar refractivity (Wildman–Crippen MR) is 99.9 cm³/mol. The van der Waals surface area contributed by atoms with E-state index in [0.717, 1.165) is 5.56 Å². The van der Waals surface area contributed by atoms with Crippen LogP contribution >= 0.6 is 11.6 Å². The third-order valence-electron chi connectivity index (χ3n) is 4.56. The molecular weight excluding hydrogens is 367 g/mol. The van der Waals surface area contributed by atoms with Crippen LogP contribution in [0.25, 0.3) is 0 Å². The first-order valence-corrected chi connectivity index (χ1v) is 8.56. The second kappa shape index (κ2) is 6.45. The first-order chi connectivity index (χ1) is 13.0. The number of rotatable bonds is 2. The fraction of sp³-hybridized carbons (Fsp3) is 0.100. The largest absolute Gasteiger partial charge is 0.384 e. The van der Waals surface area contributed by atoms with Crippen molar-refractivity contribution in [2.75, 3.05) is 4.90 Å². The van der Waals surface area contributed by atoms with Crippen molar-refractivity contribution in [2.24, 2.45) is 5.73 Å². The van der Waals surface area contributed by atoms with E-state index in [1.165, 1.54) is 17.0 Å². The summed E-state index contributed by atoms with van der Waals surface area (Å²) in [6.45, 7) is 1.79. The van der Waals surface area contributed by atoms with Crippen LogP contribution in [0.3, 0.4) is 0 Å². The number of nitrogens with two attached hydrogens (primary N) is 1. The Hall–Kier alpha value is -3.30. The molecule has 5 nitrogen and oxygen atoms in total. The van der Waals surface area contributed by atoms with Gasteiger partial charge in [0.2, 0.25) is 5.88 Å². The highest BCUT2D eigenvalue weighted by Crippen LogP contribution is 2.47. The Morgan fingerprint density at radius 1 is 1.26 bits per heavy atom. The minimum Gasteiger partial charge on any atom is -0.384 e. The van der Waals surface area contributed by atoms with Gasteiger partial charge in [0.05, 0.1) is 34.5 Å². The minimum absolute atomic E-state index is 0.164. The summed E-state index contributed by atoms with van der Waals surface area (Å²) in [6, 6.07) is 15.3. The van der Waals surface area contributed by atoms with Gasteiger partial charge in [-0.25, -0.2) is 4.39 Å². The van der Waals surface area contributed by atoms with Gasteiger partial charge in [-0.3, -0.25) is 4.90 Å². The zero-order valence-corrected chi connectivity index (χ0v) is 15.0. The van der Waals surface area contributed by atoms with E-state index in [2.05, 4.69) is 11.2 Å². The SMILES string of the molecule is Cc1noc2c1[C@@H](c1cccc(Cl)c1)C(C#N)=C(N)N2c1cccc(F)c1. The molecule has 0 radical (unpaired) electrons. The van der Waals surface area contributed by atoms with Gasteiger partial charge in [0.1, 0.15) is 11.6 Å². The number of aromatic nitrogens is 1. The van der Waals surface area contributed by atoms with Gasteiger partial charge < -0.3 is 10.3 Å². The lowest BCUT2D eigenvalue weighted by molar-refractivity contribution is 0.420. The summed E-state index contributed by atoms with van der Waals surface area (Å²) >= 11 is 6.15. The lowest BCUT2D eigenvalue weighted by atomic mass is 9.82. The molecule has 0 saturated carbocycles.